The zero-order valence-electron chi connectivity index (χ0n) is 8.59. The standard InChI is InChI=1S/C9H20O3/c1-7(2)12-6-9(5,11)8(3,4)10/h7,10-11H,6H2,1-5H3. The fourth-order valence-corrected chi connectivity index (χ4v) is 0.506. The van der Waals surface area contributed by atoms with Gasteiger partial charge in [-0.25, -0.2) is 0 Å². The van der Waals surface area contributed by atoms with Crippen LogP contribution < -0.4 is 0 Å². The van der Waals surface area contributed by atoms with Gasteiger partial charge in [0, 0.05) is 0 Å². The zero-order valence-corrected chi connectivity index (χ0v) is 8.59. The lowest BCUT2D eigenvalue weighted by molar-refractivity contribution is -0.160. The van der Waals surface area contributed by atoms with Gasteiger partial charge in [0.05, 0.1) is 18.3 Å². The van der Waals surface area contributed by atoms with Crippen molar-refractivity contribution in [2.75, 3.05) is 6.61 Å². The quantitative estimate of drug-likeness (QED) is 0.670. The smallest absolute Gasteiger partial charge is 0.113 e. The van der Waals surface area contributed by atoms with Gasteiger partial charge in [-0.2, -0.15) is 0 Å². The van der Waals surface area contributed by atoms with Crippen LogP contribution in [0.3, 0.4) is 0 Å². The molecule has 0 amide bonds. The molecule has 0 heterocycles. The van der Waals surface area contributed by atoms with E-state index in [4.69, 9.17) is 4.74 Å². The molecule has 3 nitrogen and oxygen atoms in total. The van der Waals surface area contributed by atoms with Gasteiger partial charge < -0.3 is 14.9 Å². The second kappa shape index (κ2) is 3.73. The van der Waals surface area contributed by atoms with E-state index in [2.05, 4.69) is 0 Å². The largest absolute Gasteiger partial charge is 0.387 e. The van der Waals surface area contributed by atoms with Crippen LogP contribution in [0.15, 0.2) is 0 Å². The molecule has 0 fully saturated rings. The third-order valence-corrected chi connectivity index (χ3v) is 2.02. The van der Waals surface area contributed by atoms with Crippen molar-refractivity contribution >= 4 is 0 Å². The Kier molecular flexibility index (Phi) is 3.69. The minimum absolute atomic E-state index is 0.0684. The first kappa shape index (κ1) is 11.9. The van der Waals surface area contributed by atoms with Crippen molar-refractivity contribution in [3.63, 3.8) is 0 Å². The summed E-state index contributed by atoms with van der Waals surface area (Å²) in [5.41, 5.74) is -2.33. The van der Waals surface area contributed by atoms with Crippen molar-refractivity contribution < 1.29 is 14.9 Å². The molecule has 0 aromatic carbocycles. The molecule has 0 saturated carbocycles. The molecule has 0 aromatic rings. The molecule has 12 heavy (non-hydrogen) atoms. The Morgan fingerprint density at radius 1 is 1.17 bits per heavy atom. The van der Waals surface area contributed by atoms with E-state index < -0.39 is 11.2 Å². The maximum atomic E-state index is 9.72. The fourth-order valence-electron chi connectivity index (χ4n) is 0.506. The molecule has 0 radical (unpaired) electrons. The third-order valence-electron chi connectivity index (χ3n) is 2.02. The lowest BCUT2D eigenvalue weighted by atomic mass is 9.89. The van der Waals surface area contributed by atoms with E-state index in [9.17, 15) is 10.2 Å². The molecule has 3 heteroatoms. The van der Waals surface area contributed by atoms with Crippen LogP contribution in [0, 0.1) is 0 Å². The Morgan fingerprint density at radius 3 is 1.83 bits per heavy atom. The van der Waals surface area contributed by atoms with Gasteiger partial charge in [-0.05, 0) is 34.6 Å². The fraction of sp³-hybridized carbons (Fsp3) is 1.00. The van der Waals surface area contributed by atoms with Gasteiger partial charge in [0.1, 0.15) is 5.60 Å². The molecule has 1 atom stereocenters. The predicted octanol–water partition coefficient (Wildman–Crippen LogP) is 0.933. The van der Waals surface area contributed by atoms with Gasteiger partial charge in [0.25, 0.3) is 0 Å². The average Bonchev–Trinajstić information content (AvgIpc) is 1.81. The monoisotopic (exact) mass is 176 g/mol. The summed E-state index contributed by atoms with van der Waals surface area (Å²) in [6.45, 7) is 8.62. The summed E-state index contributed by atoms with van der Waals surface area (Å²) in [5.74, 6) is 0. The lowest BCUT2D eigenvalue weighted by Crippen LogP contribution is -2.51. The molecule has 0 spiro atoms. The molecule has 74 valence electrons. The summed E-state index contributed by atoms with van der Waals surface area (Å²) in [6.07, 6.45) is 0.0684. The topological polar surface area (TPSA) is 49.7 Å². The van der Waals surface area contributed by atoms with Crippen LogP contribution in [0.1, 0.15) is 34.6 Å². The highest BCUT2D eigenvalue weighted by molar-refractivity contribution is 4.89. The van der Waals surface area contributed by atoms with Crippen molar-refractivity contribution in [2.24, 2.45) is 0 Å². The number of ether oxygens (including phenoxy) is 1. The van der Waals surface area contributed by atoms with Gasteiger partial charge in [-0.3, -0.25) is 0 Å². The van der Waals surface area contributed by atoms with E-state index in [1.807, 2.05) is 13.8 Å². The minimum Gasteiger partial charge on any atom is -0.387 e. The van der Waals surface area contributed by atoms with E-state index in [0.29, 0.717) is 0 Å². The first-order valence-electron chi connectivity index (χ1n) is 4.23. The normalized spacial score (nSPS) is 18.0. The van der Waals surface area contributed by atoms with E-state index in [1.54, 1.807) is 20.8 Å². The average molecular weight is 176 g/mol. The van der Waals surface area contributed by atoms with E-state index in [0.717, 1.165) is 0 Å². The second-order valence-electron chi connectivity index (χ2n) is 4.19. The molecule has 0 saturated heterocycles. The highest BCUT2D eigenvalue weighted by atomic mass is 16.5. The van der Waals surface area contributed by atoms with E-state index in [-0.39, 0.29) is 12.7 Å². The molecule has 0 aliphatic rings. The molecule has 0 bridgehead atoms. The zero-order chi connectivity index (χ0) is 9.99. The maximum absolute atomic E-state index is 9.72. The van der Waals surface area contributed by atoms with Gasteiger partial charge in [0.2, 0.25) is 0 Å². The molecule has 2 N–H and O–H groups in total. The van der Waals surface area contributed by atoms with Crippen LogP contribution in [0.5, 0.6) is 0 Å². The Hall–Kier alpha value is -0.120. The number of aliphatic hydroxyl groups is 2. The molecule has 0 aliphatic heterocycles. The Morgan fingerprint density at radius 2 is 1.58 bits per heavy atom. The van der Waals surface area contributed by atoms with Gasteiger partial charge in [0.15, 0.2) is 0 Å². The molecular formula is C9H20O3. The van der Waals surface area contributed by atoms with Gasteiger partial charge >= 0.3 is 0 Å². The van der Waals surface area contributed by atoms with Crippen LogP contribution in [0.4, 0.5) is 0 Å². The van der Waals surface area contributed by atoms with Crippen LogP contribution in [0.25, 0.3) is 0 Å². The second-order valence-corrected chi connectivity index (χ2v) is 4.19. The Bertz CT molecular complexity index is 133. The number of hydrogen-bond donors (Lipinski definition) is 2. The third kappa shape index (κ3) is 3.52. The highest BCUT2D eigenvalue weighted by Crippen LogP contribution is 2.21. The van der Waals surface area contributed by atoms with Crippen molar-refractivity contribution in [1.29, 1.82) is 0 Å². The summed E-state index contributed by atoms with van der Waals surface area (Å²) in [4.78, 5) is 0. The summed E-state index contributed by atoms with van der Waals surface area (Å²) in [6, 6.07) is 0. The summed E-state index contributed by atoms with van der Waals surface area (Å²) in [7, 11) is 0. The van der Waals surface area contributed by atoms with Crippen LogP contribution in [-0.2, 0) is 4.74 Å². The first-order valence-corrected chi connectivity index (χ1v) is 4.23. The van der Waals surface area contributed by atoms with Crippen molar-refractivity contribution in [1.82, 2.24) is 0 Å². The molecule has 0 rings (SSSR count). The maximum Gasteiger partial charge on any atom is 0.113 e. The van der Waals surface area contributed by atoms with Crippen molar-refractivity contribution in [3.05, 3.63) is 0 Å². The van der Waals surface area contributed by atoms with Crippen LogP contribution >= 0.6 is 0 Å². The molecule has 0 aliphatic carbocycles. The predicted molar refractivity (Wildman–Crippen MR) is 48.0 cm³/mol. The summed E-state index contributed by atoms with van der Waals surface area (Å²) < 4.78 is 5.22. The molecule has 0 aromatic heterocycles. The van der Waals surface area contributed by atoms with Crippen LogP contribution in [0.2, 0.25) is 0 Å². The number of hydrogen-bond acceptors (Lipinski definition) is 3. The summed E-state index contributed by atoms with van der Waals surface area (Å²) >= 11 is 0. The number of rotatable bonds is 4. The Labute approximate surface area is 74.4 Å². The van der Waals surface area contributed by atoms with Crippen molar-refractivity contribution in [3.8, 4) is 0 Å². The molecular weight excluding hydrogens is 156 g/mol. The van der Waals surface area contributed by atoms with Gasteiger partial charge in [-0.15, -0.1) is 0 Å². The lowest BCUT2D eigenvalue weighted by Gasteiger charge is -2.35. The van der Waals surface area contributed by atoms with E-state index >= 15 is 0 Å². The minimum atomic E-state index is -1.20. The summed E-state index contributed by atoms with van der Waals surface area (Å²) in [5, 5.41) is 19.3. The Balaban J connectivity index is 4.05. The van der Waals surface area contributed by atoms with Gasteiger partial charge in [-0.1, -0.05) is 0 Å². The first-order chi connectivity index (χ1) is 5.17. The highest BCUT2D eigenvalue weighted by Gasteiger charge is 2.37. The molecule has 1 unspecified atom stereocenters. The van der Waals surface area contributed by atoms with E-state index in [1.165, 1.54) is 0 Å². The SMILES string of the molecule is CC(C)OCC(C)(O)C(C)(C)O. The van der Waals surface area contributed by atoms with Crippen molar-refractivity contribution in [2.45, 2.75) is 51.9 Å². The van der Waals surface area contributed by atoms with Crippen LogP contribution in [-0.4, -0.2) is 34.1 Å².